The molecule has 3 aromatic rings. The fourth-order valence-electron chi connectivity index (χ4n) is 2.97. The number of nitrogens with zero attached hydrogens (tertiary/aromatic N) is 3. The van der Waals surface area contributed by atoms with Crippen molar-refractivity contribution in [3.8, 4) is 5.88 Å². The second-order valence-corrected chi connectivity index (χ2v) is 6.04. The van der Waals surface area contributed by atoms with Crippen molar-refractivity contribution in [2.75, 3.05) is 26.2 Å². The molecular weight excluding hydrogens is 310 g/mol. The van der Waals surface area contributed by atoms with E-state index in [9.17, 15) is 0 Å². The SMILES string of the molecule is CCN(CC)CCOc1nnc(Cc2ccccc2)c2ccccc12. The van der Waals surface area contributed by atoms with E-state index in [4.69, 9.17) is 4.74 Å². The number of fused-ring (bicyclic) bond motifs is 1. The maximum atomic E-state index is 5.94. The Balaban J connectivity index is 1.81. The molecule has 3 rings (SSSR count). The lowest BCUT2D eigenvalue weighted by molar-refractivity contribution is 0.218. The van der Waals surface area contributed by atoms with Crippen molar-refractivity contribution in [3.63, 3.8) is 0 Å². The Morgan fingerprint density at radius 2 is 1.52 bits per heavy atom. The van der Waals surface area contributed by atoms with Crippen LogP contribution < -0.4 is 4.74 Å². The summed E-state index contributed by atoms with van der Waals surface area (Å²) in [5, 5.41) is 11.0. The van der Waals surface area contributed by atoms with Crippen LogP contribution in [0.1, 0.15) is 25.1 Å². The topological polar surface area (TPSA) is 38.2 Å². The zero-order valence-electron chi connectivity index (χ0n) is 15.0. The summed E-state index contributed by atoms with van der Waals surface area (Å²) >= 11 is 0. The molecule has 0 aliphatic heterocycles. The van der Waals surface area contributed by atoms with Crippen LogP contribution in [0.25, 0.3) is 10.8 Å². The van der Waals surface area contributed by atoms with Gasteiger partial charge in [-0.15, -0.1) is 5.10 Å². The molecule has 0 bridgehead atoms. The first-order valence-corrected chi connectivity index (χ1v) is 8.95. The summed E-state index contributed by atoms with van der Waals surface area (Å²) in [4.78, 5) is 2.33. The lowest BCUT2D eigenvalue weighted by Crippen LogP contribution is -2.28. The Kier molecular flexibility index (Phi) is 5.96. The van der Waals surface area contributed by atoms with E-state index in [1.165, 1.54) is 5.56 Å². The molecule has 0 saturated carbocycles. The van der Waals surface area contributed by atoms with Crippen LogP contribution in [0.4, 0.5) is 0 Å². The zero-order valence-corrected chi connectivity index (χ0v) is 15.0. The number of benzene rings is 2. The first kappa shape index (κ1) is 17.4. The largest absolute Gasteiger partial charge is 0.475 e. The van der Waals surface area contributed by atoms with Crippen molar-refractivity contribution in [2.45, 2.75) is 20.3 Å². The maximum absolute atomic E-state index is 5.94. The summed E-state index contributed by atoms with van der Waals surface area (Å²) in [5.74, 6) is 0.625. The van der Waals surface area contributed by atoms with Crippen LogP contribution in [0.5, 0.6) is 5.88 Å². The van der Waals surface area contributed by atoms with Gasteiger partial charge in [-0.3, -0.25) is 0 Å². The van der Waals surface area contributed by atoms with Gasteiger partial charge in [0.05, 0.1) is 5.69 Å². The van der Waals surface area contributed by atoms with Gasteiger partial charge in [0, 0.05) is 23.7 Å². The molecule has 1 heterocycles. The van der Waals surface area contributed by atoms with Gasteiger partial charge >= 0.3 is 0 Å². The third-order valence-corrected chi connectivity index (χ3v) is 4.49. The van der Waals surface area contributed by atoms with E-state index in [2.05, 4.69) is 65.3 Å². The molecule has 0 saturated heterocycles. The Bertz CT molecular complexity index is 801. The average Bonchev–Trinajstić information content (AvgIpc) is 2.67. The van der Waals surface area contributed by atoms with Gasteiger partial charge in [0.2, 0.25) is 5.88 Å². The predicted molar refractivity (Wildman–Crippen MR) is 102 cm³/mol. The van der Waals surface area contributed by atoms with Crippen molar-refractivity contribution >= 4 is 10.8 Å². The van der Waals surface area contributed by atoms with Crippen LogP contribution in [0.15, 0.2) is 54.6 Å². The Labute approximate surface area is 149 Å². The van der Waals surface area contributed by atoms with Gasteiger partial charge in [0.25, 0.3) is 0 Å². The van der Waals surface area contributed by atoms with Crippen LogP contribution in [0, 0.1) is 0 Å². The lowest BCUT2D eigenvalue weighted by Gasteiger charge is -2.18. The van der Waals surface area contributed by atoms with Crippen LogP contribution >= 0.6 is 0 Å². The second-order valence-electron chi connectivity index (χ2n) is 6.04. The summed E-state index contributed by atoms with van der Waals surface area (Å²) in [6, 6.07) is 18.6. The van der Waals surface area contributed by atoms with Crippen molar-refractivity contribution < 1.29 is 4.74 Å². The normalized spacial score (nSPS) is 11.2. The number of hydrogen-bond donors (Lipinski definition) is 0. The molecule has 4 nitrogen and oxygen atoms in total. The van der Waals surface area contributed by atoms with Crippen molar-refractivity contribution in [1.29, 1.82) is 0 Å². The first-order valence-electron chi connectivity index (χ1n) is 8.95. The molecule has 2 aromatic carbocycles. The van der Waals surface area contributed by atoms with E-state index in [1.807, 2.05) is 18.2 Å². The van der Waals surface area contributed by atoms with Crippen LogP contribution in [-0.4, -0.2) is 41.3 Å². The third kappa shape index (κ3) is 4.34. The minimum atomic E-state index is 0.623. The van der Waals surface area contributed by atoms with Crippen molar-refractivity contribution in [3.05, 3.63) is 65.9 Å². The summed E-state index contributed by atoms with van der Waals surface area (Å²) in [6.07, 6.45) is 0.772. The quantitative estimate of drug-likeness (QED) is 0.625. The van der Waals surface area contributed by atoms with Gasteiger partial charge in [-0.25, -0.2) is 0 Å². The van der Waals surface area contributed by atoms with Crippen LogP contribution in [0.2, 0.25) is 0 Å². The highest BCUT2D eigenvalue weighted by Crippen LogP contribution is 2.26. The summed E-state index contributed by atoms with van der Waals surface area (Å²) in [5.41, 5.74) is 2.22. The Morgan fingerprint density at radius 1 is 0.840 bits per heavy atom. The van der Waals surface area contributed by atoms with Crippen LogP contribution in [0.3, 0.4) is 0 Å². The van der Waals surface area contributed by atoms with E-state index >= 15 is 0 Å². The molecule has 0 fully saturated rings. The van der Waals surface area contributed by atoms with E-state index in [-0.39, 0.29) is 0 Å². The number of likely N-dealkylation sites (N-methyl/N-ethyl adjacent to an activating group) is 1. The fourth-order valence-corrected chi connectivity index (χ4v) is 2.97. The van der Waals surface area contributed by atoms with E-state index in [0.717, 1.165) is 42.5 Å². The molecule has 0 radical (unpaired) electrons. The zero-order chi connectivity index (χ0) is 17.5. The fraction of sp³-hybridized carbons (Fsp3) is 0.333. The Hall–Kier alpha value is -2.46. The minimum Gasteiger partial charge on any atom is -0.475 e. The molecular formula is C21H25N3O. The molecule has 0 N–H and O–H groups in total. The number of hydrogen-bond acceptors (Lipinski definition) is 4. The smallest absolute Gasteiger partial charge is 0.241 e. The highest BCUT2D eigenvalue weighted by atomic mass is 16.5. The maximum Gasteiger partial charge on any atom is 0.241 e. The number of aromatic nitrogens is 2. The standard InChI is InChI=1S/C21H25N3O/c1-3-24(4-2)14-15-25-21-19-13-9-8-12-18(19)20(22-23-21)16-17-10-6-5-7-11-17/h5-13H,3-4,14-16H2,1-2H3. The van der Waals surface area contributed by atoms with E-state index < -0.39 is 0 Å². The van der Waals surface area contributed by atoms with Gasteiger partial charge in [0.1, 0.15) is 6.61 Å². The molecule has 1 aromatic heterocycles. The monoisotopic (exact) mass is 335 g/mol. The molecule has 0 aliphatic rings. The highest BCUT2D eigenvalue weighted by Gasteiger charge is 2.11. The number of ether oxygens (including phenoxy) is 1. The lowest BCUT2D eigenvalue weighted by atomic mass is 10.0. The van der Waals surface area contributed by atoms with Gasteiger partial charge in [-0.05, 0) is 24.7 Å². The molecule has 0 atom stereocenters. The van der Waals surface area contributed by atoms with E-state index in [0.29, 0.717) is 12.5 Å². The van der Waals surface area contributed by atoms with Gasteiger partial charge in [0.15, 0.2) is 0 Å². The Morgan fingerprint density at radius 3 is 2.24 bits per heavy atom. The molecule has 4 heteroatoms. The second kappa shape index (κ2) is 8.58. The first-order chi connectivity index (χ1) is 12.3. The highest BCUT2D eigenvalue weighted by molar-refractivity contribution is 5.88. The molecule has 0 aliphatic carbocycles. The number of rotatable bonds is 8. The summed E-state index contributed by atoms with van der Waals surface area (Å²) < 4.78 is 5.94. The summed E-state index contributed by atoms with van der Waals surface area (Å²) in [7, 11) is 0. The molecule has 0 unspecified atom stereocenters. The van der Waals surface area contributed by atoms with Crippen LogP contribution in [-0.2, 0) is 6.42 Å². The van der Waals surface area contributed by atoms with Crippen molar-refractivity contribution in [2.24, 2.45) is 0 Å². The van der Waals surface area contributed by atoms with E-state index in [1.54, 1.807) is 0 Å². The predicted octanol–water partition coefficient (Wildman–Crippen LogP) is 3.94. The third-order valence-electron chi connectivity index (χ3n) is 4.49. The van der Waals surface area contributed by atoms with Gasteiger partial charge in [-0.2, -0.15) is 5.10 Å². The molecule has 0 spiro atoms. The van der Waals surface area contributed by atoms with Gasteiger partial charge < -0.3 is 9.64 Å². The van der Waals surface area contributed by atoms with Crippen molar-refractivity contribution in [1.82, 2.24) is 15.1 Å². The minimum absolute atomic E-state index is 0.623. The average molecular weight is 335 g/mol. The van der Waals surface area contributed by atoms with Gasteiger partial charge in [-0.1, -0.05) is 62.4 Å². The summed E-state index contributed by atoms with van der Waals surface area (Å²) in [6.45, 7) is 7.91. The molecule has 0 amide bonds. The molecule has 25 heavy (non-hydrogen) atoms. The molecule has 130 valence electrons.